The molecule has 1 atom stereocenters. The second-order valence-electron chi connectivity index (χ2n) is 5.54. The lowest BCUT2D eigenvalue weighted by molar-refractivity contribution is 0.0160. The number of rotatable bonds is 3. The third kappa shape index (κ3) is 2.57. The highest BCUT2D eigenvalue weighted by Gasteiger charge is 2.21. The maximum Gasteiger partial charge on any atom is 0.159 e. The Bertz CT molecular complexity index is 398. The molecule has 0 bridgehead atoms. The van der Waals surface area contributed by atoms with Crippen LogP contribution in [0.1, 0.15) is 37.8 Å². The van der Waals surface area contributed by atoms with Gasteiger partial charge in [-0.15, -0.1) is 10.2 Å². The average molecular weight is 250 g/mol. The van der Waals surface area contributed by atoms with E-state index >= 15 is 0 Å². The van der Waals surface area contributed by atoms with E-state index in [1.165, 1.54) is 6.42 Å². The van der Waals surface area contributed by atoms with E-state index in [-0.39, 0.29) is 0 Å². The summed E-state index contributed by atoms with van der Waals surface area (Å²) in [5, 5.41) is 11.9. The van der Waals surface area contributed by atoms with E-state index in [0.717, 1.165) is 56.5 Å². The quantitative estimate of drug-likeness (QED) is 0.873. The van der Waals surface area contributed by atoms with Crippen LogP contribution in [0.2, 0.25) is 0 Å². The van der Waals surface area contributed by atoms with Crippen LogP contribution in [0.3, 0.4) is 0 Å². The number of nitrogens with one attached hydrogen (secondary N) is 1. The summed E-state index contributed by atoms with van der Waals surface area (Å²) >= 11 is 0. The zero-order valence-electron chi connectivity index (χ0n) is 11.1. The lowest BCUT2D eigenvalue weighted by atomic mass is 10.0. The lowest BCUT2D eigenvalue weighted by Crippen LogP contribution is -2.32. The molecule has 1 saturated heterocycles. The molecule has 2 aliphatic heterocycles. The fraction of sp³-hybridized carbons (Fsp3) is 0.846. The van der Waals surface area contributed by atoms with E-state index in [0.29, 0.717) is 12.7 Å². The molecule has 0 aliphatic carbocycles. The number of piperidine rings is 1. The number of ether oxygens (including phenoxy) is 1. The van der Waals surface area contributed by atoms with Crippen molar-refractivity contribution in [2.24, 2.45) is 5.92 Å². The van der Waals surface area contributed by atoms with E-state index in [9.17, 15) is 0 Å². The van der Waals surface area contributed by atoms with Gasteiger partial charge in [-0.05, 0) is 38.3 Å². The van der Waals surface area contributed by atoms with E-state index in [2.05, 4.69) is 27.0 Å². The predicted octanol–water partition coefficient (Wildman–Crippen LogP) is 1.13. The molecular weight excluding hydrogens is 228 g/mol. The minimum absolute atomic E-state index is 0.390. The topological polar surface area (TPSA) is 52.0 Å². The Hall–Kier alpha value is -0.940. The number of hydrogen-bond donors (Lipinski definition) is 1. The fourth-order valence-corrected chi connectivity index (χ4v) is 2.81. The molecule has 2 aliphatic rings. The van der Waals surface area contributed by atoms with Crippen LogP contribution in [0.15, 0.2) is 0 Å². The van der Waals surface area contributed by atoms with Crippen molar-refractivity contribution < 1.29 is 4.74 Å². The minimum atomic E-state index is 0.390. The van der Waals surface area contributed by atoms with Gasteiger partial charge >= 0.3 is 0 Å². The second kappa shape index (κ2) is 5.36. The van der Waals surface area contributed by atoms with Crippen molar-refractivity contribution in [3.63, 3.8) is 0 Å². The molecule has 18 heavy (non-hydrogen) atoms. The van der Waals surface area contributed by atoms with Crippen LogP contribution in [0.25, 0.3) is 0 Å². The van der Waals surface area contributed by atoms with Crippen LogP contribution in [-0.2, 0) is 24.3 Å². The van der Waals surface area contributed by atoms with Gasteiger partial charge in [0, 0.05) is 13.0 Å². The van der Waals surface area contributed by atoms with E-state index < -0.39 is 0 Å². The Morgan fingerprint density at radius 3 is 2.94 bits per heavy atom. The SMILES string of the molecule is CC1CCn2c(COC3CCNCC3)nnc2C1. The Kier molecular flexibility index (Phi) is 3.61. The third-order valence-corrected chi connectivity index (χ3v) is 4.01. The second-order valence-corrected chi connectivity index (χ2v) is 5.54. The van der Waals surface area contributed by atoms with Crippen LogP contribution < -0.4 is 5.32 Å². The van der Waals surface area contributed by atoms with Gasteiger partial charge < -0.3 is 14.6 Å². The molecule has 3 rings (SSSR count). The summed E-state index contributed by atoms with van der Waals surface area (Å²) in [5.74, 6) is 2.88. The zero-order valence-corrected chi connectivity index (χ0v) is 11.1. The summed E-state index contributed by atoms with van der Waals surface area (Å²) < 4.78 is 8.21. The number of fused-ring (bicyclic) bond motifs is 1. The van der Waals surface area contributed by atoms with Crippen molar-refractivity contribution in [3.05, 3.63) is 11.6 Å². The summed E-state index contributed by atoms with van der Waals surface area (Å²) in [5.41, 5.74) is 0. The lowest BCUT2D eigenvalue weighted by Gasteiger charge is -2.24. The van der Waals surface area contributed by atoms with Crippen LogP contribution in [0, 0.1) is 5.92 Å². The fourth-order valence-electron chi connectivity index (χ4n) is 2.81. The Labute approximate surface area is 108 Å². The highest BCUT2D eigenvalue weighted by molar-refractivity contribution is 4.99. The molecular formula is C13H22N4O. The molecule has 3 heterocycles. The molecule has 1 unspecified atom stereocenters. The van der Waals surface area contributed by atoms with Crippen molar-refractivity contribution in [1.82, 2.24) is 20.1 Å². The smallest absolute Gasteiger partial charge is 0.159 e. The van der Waals surface area contributed by atoms with E-state index in [4.69, 9.17) is 4.74 Å². The predicted molar refractivity (Wildman–Crippen MR) is 68.2 cm³/mol. The standard InChI is InChI=1S/C13H22N4O/c1-10-4-7-17-12(8-10)15-16-13(17)9-18-11-2-5-14-6-3-11/h10-11,14H,2-9H2,1H3. The minimum Gasteiger partial charge on any atom is -0.370 e. The number of nitrogens with zero attached hydrogens (tertiary/aromatic N) is 3. The normalized spacial score (nSPS) is 25.1. The monoisotopic (exact) mass is 250 g/mol. The highest BCUT2D eigenvalue weighted by Crippen LogP contribution is 2.20. The first kappa shape index (κ1) is 12.1. The van der Waals surface area contributed by atoms with Gasteiger partial charge in [0.15, 0.2) is 5.82 Å². The van der Waals surface area contributed by atoms with E-state index in [1.54, 1.807) is 0 Å². The first-order valence-electron chi connectivity index (χ1n) is 7.06. The van der Waals surface area contributed by atoms with Gasteiger partial charge in [-0.1, -0.05) is 6.92 Å². The van der Waals surface area contributed by atoms with Crippen LogP contribution in [0.5, 0.6) is 0 Å². The number of hydrogen-bond acceptors (Lipinski definition) is 4. The summed E-state index contributed by atoms with van der Waals surface area (Å²) in [4.78, 5) is 0. The Morgan fingerprint density at radius 1 is 1.28 bits per heavy atom. The number of aromatic nitrogens is 3. The molecule has 1 N–H and O–H groups in total. The molecule has 1 aromatic heterocycles. The van der Waals surface area contributed by atoms with E-state index in [1.807, 2.05) is 0 Å². The maximum absolute atomic E-state index is 5.96. The maximum atomic E-state index is 5.96. The van der Waals surface area contributed by atoms with Crippen molar-refractivity contribution in [3.8, 4) is 0 Å². The van der Waals surface area contributed by atoms with Crippen molar-refractivity contribution in [2.45, 2.75) is 51.9 Å². The molecule has 5 heteroatoms. The zero-order chi connectivity index (χ0) is 12.4. The average Bonchev–Trinajstić information content (AvgIpc) is 2.80. The summed E-state index contributed by atoms with van der Waals surface area (Å²) in [6.45, 7) is 6.09. The third-order valence-electron chi connectivity index (χ3n) is 4.01. The molecule has 0 radical (unpaired) electrons. The molecule has 1 fully saturated rings. The van der Waals surface area contributed by atoms with Crippen LogP contribution in [-0.4, -0.2) is 34.0 Å². The van der Waals surface area contributed by atoms with Gasteiger partial charge in [-0.25, -0.2) is 0 Å². The molecule has 0 aromatic carbocycles. The molecule has 0 spiro atoms. The molecule has 0 saturated carbocycles. The van der Waals surface area contributed by atoms with Crippen molar-refractivity contribution in [2.75, 3.05) is 13.1 Å². The van der Waals surface area contributed by atoms with Crippen LogP contribution >= 0.6 is 0 Å². The van der Waals surface area contributed by atoms with Crippen molar-refractivity contribution >= 4 is 0 Å². The van der Waals surface area contributed by atoms with Gasteiger partial charge in [0.2, 0.25) is 0 Å². The molecule has 100 valence electrons. The van der Waals surface area contributed by atoms with Gasteiger partial charge in [0.25, 0.3) is 0 Å². The molecule has 0 amide bonds. The van der Waals surface area contributed by atoms with Gasteiger partial charge in [-0.3, -0.25) is 0 Å². The first-order valence-corrected chi connectivity index (χ1v) is 7.06. The Balaban J connectivity index is 1.59. The molecule has 1 aromatic rings. The summed E-state index contributed by atoms with van der Waals surface area (Å²) in [7, 11) is 0. The molecule has 5 nitrogen and oxygen atoms in total. The first-order chi connectivity index (χ1) is 8.83. The van der Waals surface area contributed by atoms with Gasteiger partial charge in [-0.2, -0.15) is 0 Å². The summed E-state index contributed by atoms with van der Waals surface area (Å²) in [6.07, 6.45) is 4.89. The van der Waals surface area contributed by atoms with Gasteiger partial charge in [0.1, 0.15) is 12.4 Å². The van der Waals surface area contributed by atoms with Gasteiger partial charge in [0.05, 0.1) is 6.10 Å². The highest BCUT2D eigenvalue weighted by atomic mass is 16.5. The summed E-state index contributed by atoms with van der Waals surface area (Å²) in [6, 6.07) is 0. The van der Waals surface area contributed by atoms with Crippen molar-refractivity contribution in [1.29, 1.82) is 0 Å². The van der Waals surface area contributed by atoms with Crippen LogP contribution in [0.4, 0.5) is 0 Å². The largest absolute Gasteiger partial charge is 0.370 e. The Morgan fingerprint density at radius 2 is 2.11 bits per heavy atom.